The molecule has 0 saturated heterocycles. The minimum Gasteiger partial charge on any atom is -0.358 e. The Labute approximate surface area is 79.0 Å². The van der Waals surface area contributed by atoms with Gasteiger partial charge >= 0.3 is 0 Å². The molecule has 0 aliphatic carbocycles. The third-order valence-electron chi connectivity index (χ3n) is 1.86. The first-order valence-electron chi connectivity index (χ1n) is 4.82. The smallest absolute Gasteiger partial charge is 0.0487 e. The number of hydrogen-bond acceptors (Lipinski definition) is 1. The molecular formula is C11H16N2. The maximum atomic E-state index is 4.04. The topological polar surface area (TPSA) is 28.7 Å². The standard InChI is InChI=1S/C9H10N2.C2H6/c1-2-8-5-7-6-10-4-3-9(7)11-8;1-2/h3-6,11H,2H2,1H3;1-2H3. The summed E-state index contributed by atoms with van der Waals surface area (Å²) in [5.74, 6) is 0. The molecule has 2 aromatic rings. The zero-order chi connectivity index (χ0) is 9.68. The van der Waals surface area contributed by atoms with E-state index >= 15 is 0 Å². The van der Waals surface area contributed by atoms with Gasteiger partial charge in [-0.05, 0) is 18.6 Å². The van der Waals surface area contributed by atoms with Crippen molar-refractivity contribution in [3.63, 3.8) is 0 Å². The molecule has 0 bridgehead atoms. The van der Waals surface area contributed by atoms with Crippen molar-refractivity contribution in [2.75, 3.05) is 0 Å². The fourth-order valence-electron chi connectivity index (χ4n) is 1.22. The highest BCUT2D eigenvalue weighted by molar-refractivity contribution is 5.78. The zero-order valence-electron chi connectivity index (χ0n) is 8.46. The van der Waals surface area contributed by atoms with Gasteiger partial charge in [-0.3, -0.25) is 4.98 Å². The van der Waals surface area contributed by atoms with Crippen molar-refractivity contribution in [3.05, 3.63) is 30.2 Å². The highest BCUT2D eigenvalue weighted by Gasteiger charge is 1.96. The van der Waals surface area contributed by atoms with Gasteiger partial charge in [-0.1, -0.05) is 20.8 Å². The molecule has 2 aromatic heterocycles. The molecule has 0 aliphatic rings. The van der Waals surface area contributed by atoms with Crippen LogP contribution in [0.15, 0.2) is 24.5 Å². The Kier molecular flexibility index (Phi) is 3.50. The van der Waals surface area contributed by atoms with E-state index in [1.165, 1.54) is 16.6 Å². The van der Waals surface area contributed by atoms with Crippen molar-refractivity contribution in [2.24, 2.45) is 0 Å². The molecule has 2 heteroatoms. The minimum atomic E-state index is 1.05. The molecule has 0 unspecified atom stereocenters. The summed E-state index contributed by atoms with van der Waals surface area (Å²) in [7, 11) is 0. The van der Waals surface area contributed by atoms with Crippen molar-refractivity contribution >= 4 is 10.9 Å². The van der Waals surface area contributed by atoms with Gasteiger partial charge < -0.3 is 4.98 Å². The zero-order valence-corrected chi connectivity index (χ0v) is 8.46. The second kappa shape index (κ2) is 4.65. The molecule has 0 saturated carbocycles. The van der Waals surface area contributed by atoms with Crippen LogP contribution in [0.5, 0.6) is 0 Å². The largest absolute Gasteiger partial charge is 0.358 e. The van der Waals surface area contributed by atoms with Crippen LogP contribution < -0.4 is 0 Å². The van der Waals surface area contributed by atoms with E-state index in [0.29, 0.717) is 0 Å². The van der Waals surface area contributed by atoms with Crippen molar-refractivity contribution in [3.8, 4) is 0 Å². The molecule has 1 N–H and O–H groups in total. The first kappa shape index (κ1) is 9.78. The van der Waals surface area contributed by atoms with Gasteiger partial charge in [-0.25, -0.2) is 0 Å². The molecule has 0 amide bonds. The molecular weight excluding hydrogens is 160 g/mol. The van der Waals surface area contributed by atoms with Crippen LogP contribution in [0.1, 0.15) is 26.5 Å². The lowest BCUT2D eigenvalue weighted by atomic mass is 10.3. The Morgan fingerprint density at radius 1 is 1.38 bits per heavy atom. The van der Waals surface area contributed by atoms with Crippen LogP contribution in [0.3, 0.4) is 0 Å². The van der Waals surface area contributed by atoms with Crippen molar-refractivity contribution in [1.82, 2.24) is 9.97 Å². The number of hydrogen-bond donors (Lipinski definition) is 1. The normalized spacial score (nSPS) is 9.46. The van der Waals surface area contributed by atoms with Crippen molar-refractivity contribution in [1.29, 1.82) is 0 Å². The third kappa shape index (κ3) is 2.08. The second-order valence-corrected chi connectivity index (χ2v) is 2.61. The summed E-state index contributed by atoms with van der Waals surface area (Å²) in [4.78, 5) is 7.35. The van der Waals surface area contributed by atoms with Crippen LogP contribution in [0, 0.1) is 0 Å². The summed E-state index contributed by atoms with van der Waals surface area (Å²) in [6.45, 7) is 6.14. The van der Waals surface area contributed by atoms with Crippen LogP contribution in [-0.4, -0.2) is 9.97 Å². The number of aromatic amines is 1. The van der Waals surface area contributed by atoms with Crippen LogP contribution in [-0.2, 0) is 6.42 Å². The molecule has 0 aromatic carbocycles. The number of fused-ring (bicyclic) bond motifs is 1. The third-order valence-corrected chi connectivity index (χ3v) is 1.86. The summed E-state index contributed by atoms with van der Waals surface area (Å²) in [6, 6.07) is 4.14. The SMILES string of the molecule is CC.CCc1cc2cnccc2[nH]1. The first-order valence-corrected chi connectivity index (χ1v) is 4.82. The lowest BCUT2D eigenvalue weighted by molar-refractivity contribution is 1.07. The monoisotopic (exact) mass is 176 g/mol. The van der Waals surface area contributed by atoms with Gasteiger partial charge in [0.25, 0.3) is 0 Å². The fourth-order valence-corrected chi connectivity index (χ4v) is 1.22. The summed E-state index contributed by atoms with van der Waals surface area (Å²) in [6.07, 6.45) is 4.73. The lowest BCUT2D eigenvalue weighted by Crippen LogP contribution is -1.75. The van der Waals surface area contributed by atoms with Gasteiger partial charge in [0.15, 0.2) is 0 Å². The molecule has 0 spiro atoms. The fraction of sp³-hybridized carbons (Fsp3) is 0.364. The summed E-state index contributed by atoms with van der Waals surface area (Å²) >= 11 is 0. The van der Waals surface area contributed by atoms with E-state index in [2.05, 4.69) is 23.0 Å². The molecule has 13 heavy (non-hydrogen) atoms. The maximum absolute atomic E-state index is 4.04. The van der Waals surface area contributed by atoms with Gasteiger partial charge in [0.2, 0.25) is 0 Å². The van der Waals surface area contributed by atoms with Gasteiger partial charge in [0.1, 0.15) is 0 Å². The minimum absolute atomic E-state index is 1.05. The van der Waals surface area contributed by atoms with Crippen molar-refractivity contribution in [2.45, 2.75) is 27.2 Å². The molecule has 0 aliphatic heterocycles. The van der Waals surface area contributed by atoms with E-state index in [1.807, 2.05) is 26.1 Å². The van der Waals surface area contributed by atoms with E-state index in [9.17, 15) is 0 Å². The average molecular weight is 176 g/mol. The quantitative estimate of drug-likeness (QED) is 0.710. The van der Waals surface area contributed by atoms with Gasteiger partial charge in [-0.2, -0.15) is 0 Å². The number of rotatable bonds is 1. The highest BCUT2D eigenvalue weighted by atomic mass is 14.7. The number of aryl methyl sites for hydroxylation is 1. The Bertz CT molecular complexity index is 330. The van der Waals surface area contributed by atoms with Gasteiger partial charge in [0, 0.05) is 29.0 Å². The van der Waals surface area contributed by atoms with E-state index in [0.717, 1.165) is 6.42 Å². The Balaban J connectivity index is 0.000000396. The van der Waals surface area contributed by atoms with E-state index in [-0.39, 0.29) is 0 Å². The molecule has 2 heterocycles. The highest BCUT2D eigenvalue weighted by Crippen LogP contribution is 2.12. The molecule has 2 nitrogen and oxygen atoms in total. The predicted octanol–water partition coefficient (Wildman–Crippen LogP) is 3.15. The number of aromatic nitrogens is 2. The van der Waals surface area contributed by atoms with Gasteiger partial charge in [0.05, 0.1) is 0 Å². The molecule has 70 valence electrons. The number of pyridine rings is 1. The Morgan fingerprint density at radius 2 is 2.15 bits per heavy atom. The molecule has 0 radical (unpaired) electrons. The number of H-pyrrole nitrogens is 1. The molecule has 2 rings (SSSR count). The second-order valence-electron chi connectivity index (χ2n) is 2.61. The first-order chi connectivity index (χ1) is 6.40. The Hall–Kier alpha value is -1.31. The Morgan fingerprint density at radius 3 is 2.77 bits per heavy atom. The van der Waals surface area contributed by atoms with Crippen LogP contribution >= 0.6 is 0 Å². The predicted molar refractivity (Wildman–Crippen MR) is 56.8 cm³/mol. The van der Waals surface area contributed by atoms with Crippen LogP contribution in [0.4, 0.5) is 0 Å². The number of nitrogens with zero attached hydrogens (tertiary/aromatic N) is 1. The van der Waals surface area contributed by atoms with Gasteiger partial charge in [-0.15, -0.1) is 0 Å². The molecule has 0 atom stereocenters. The van der Waals surface area contributed by atoms with E-state index in [4.69, 9.17) is 0 Å². The summed E-state index contributed by atoms with van der Waals surface area (Å²) < 4.78 is 0. The maximum Gasteiger partial charge on any atom is 0.0487 e. The molecule has 0 fully saturated rings. The van der Waals surface area contributed by atoms with E-state index < -0.39 is 0 Å². The van der Waals surface area contributed by atoms with Crippen LogP contribution in [0.25, 0.3) is 10.9 Å². The average Bonchev–Trinajstić information content (AvgIpc) is 2.63. The summed E-state index contributed by atoms with van der Waals surface area (Å²) in [5, 5.41) is 1.20. The van der Waals surface area contributed by atoms with Crippen LogP contribution in [0.2, 0.25) is 0 Å². The van der Waals surface area contributed by atoms with E-state index in [1.54, 1.807) is 6.20 Å². The van der Waals surface area contributed by atoms with Crippen molar-refractivity contribution < 1.29 is 0 Å². The number of nitrogens with one attached hydrogen (secondary N) is 1. The summed E-state index contributed by atoms with van der Waals surface area (Å²) in [5.41, 5.74) is 2.45. The lowest BCUT2D eigenvalue weighted by Gasteiger charge is -1.84.